The molecule has 0 radical (unpaired) electrons. The van der Waals surface area contributed by atoms with Crippen LogP contribution in [0.15, 0.2) is 59.1 Å². The number of benzene rings is 2. The predicted octanol–water partition coefficient (Wildman–Crippen LogP) is 6.47. The van der Waals surface area contributed by atoms with E-state index < -0.39 is 0 Å². The fraction of sp³-hybridized carbons (Fsp3) is 0.143. The van der Waals surface area contributed by atoms with E-state index in [1.807, 2.05) is 50.2 Å². The molecule has 26 heavy (non-hydrogen) atoms. The van der Waals surface area contributed by atoms with Crippen molar-refractivity contribution in [2.75, 3.05) is 0 Å². The van der Waals surface area contributed by atoms with Crippen LogP contribution in [0.1, 0.15) is 25.5 Å². The highest BCUT2D eigenvalue weighted by molar-refractivity contribution is 6.33. The molecule has 0 bridgehead atoms. The number of hydrogen-bond donors (Lipinski definition) is 0. The van der Waals surface area contributed by atoms with Crippen molar-refractivity contribution in [3.63, 3.8) is 0 Å². The highest BCUT2D eigenvalue weighted by atomic mass is 35.5. The van der Waals surface area contributed by atoms with Crippen molar-refractivity contribution >= 4 is 22.5 Å². The number of pyridine rings is 1. The first-order valence-electron chi connectivity index (χ1n) is 8.35. The van der Waals surface area contributed by atoms with E-state index >= 15 is 0 Å². The Hall–Kier alpha value is -2.72. The van der Waals surface area contributed by atoms with Gasteiger partial charge in [-0.15, -0.1) is 0 Å². The van der Waals surface area contributed by atoms with Gasteiger partial charge in [0, 0.05) is 17.0 Å². The van der Waals surface area contributed by atoms with Crippen molar-refractivity contribution < 1.29 is 8.91 Å². The summed E-state index contributed by atoms with van der Waals surface area (Å²) in [4.78, 5) is 4.44. The maximum absolute atomic E-state index is 14.0. The van der Waals surface area contributed by atoms with E-state index in [2.05, 4.69) is 10.1 Å². The standard InChI is InChI=1S/C21H16ClFN2O/c1-12(2)17-11-18(26-25-17)20-19(13-6-4-3-5-7-13)15-10-14(23)8-9-16(15)24-21(20)22/h3-12H,1-2H3. The summed E-state index contributed by atoms with van der Waals surface area (Å²) in [5.74, 6) is 0.415. The monoisotopic (exact) mass is 366 g/mol. The largest absolute Gasteiger partial charge is 0.356 e. The van der Waals surface area contributed by atoms with Crippen LogP contribution in [-0.2, 0) is 0 Å². The zero-order chi connectivity index (χ0) is 18.3. The topological polar surface area (TPSA) is 38.9 Å². The summed E-state index contributed by atoms with van der Waals surface area (Å²) in [6.07, 6.45) is 0. The molecule has 0 amide bonds. The van der Waals surface area contributed by atoms with E-state index in [9.17, 15) is 4.39 Å². The summed E-state index contributed by atoms with van der Waals surface area (Å²) in [5.41, 5.74) is 3.77. The van der Waals surface area contributed by atoms with Crippen LogP contribution in [0.25, 0.3) is 33.4 Å². The van der Waals surface area contributed by atoms with Gasteiger partial charge >= 0.3 is 0 Å². The van der Waals surface area contributed by atoms with Crippen LogP contribution in [-0.4, -0.2) is 10.1 Å². The summed E-state index contributed by atoms with van der Waals surface area (Å²) in [7, 11) is 0. The van der Waals surface area contributed by atoms with Gasteiger partial charge in [0.25, 0.3) is 0 Å². The summed E-state index contributed by atoms with van der Waals surface area (Å²) in [5, 5.41) is 5.11. The Kier molecular flexibility index (Phi) is 4.21. The number of fused-ring (bicyclic) bond motifs is 1. The Bertz CT molecular complexity index is 1090. The Morgan fingerprint density at radius 3 is 2.46 bits per heavy atom. The van der Waals surface area contributed by atoms with Crippen LogP contribution in [0, 0.1) is 5.82 Å². The molecular weight excluding hydrogens is 351 g/mol. The van der Waals surface area contributed by atoms with Gasteiger partial charge in [-0.05, 0) is 29.7 Å². The quantitative estimate of drug-likeness (QED) is 0.390. The molecule has 2 aromatic heterocycles. The van der Waals surface area contributed by atoms with Gasteiger partial charge in [0.05, 0.1) is 16.8 Å². The predicted molar refractivity (Wildman–Crippen MR) is 102 cm³/mol. The Labute approximate surface area is 155 Å². The Morgan fingerprint density at radius 2 is 1.77 bits per heavy atom. The van der Waals surface area contributed by atoms with Gasteiger partial charge in [-0.25, -0.2) is 9.37 Å². The van der Waals surface area contributed by atoms with Gasteiger partial charge in [0.2, 0.25) is 0 Å². The average molecular weight is 367 g/mol. The van der Waals surface area contributed by atoms with E-state index in [-0.39, 0.29) is 11.7 Å². The molecule has 0 saturated heterocycles. The van der Waals surface area contributed by atoms with Crippen LogP contribution in [0.2, 0.25) is 5.15 Å². The van der Waals surface area contributed by atoms with Crippen LogP contribution >= 0.6 is 11.6 Å². The lowest BCUT2D eigenvalue weighted by molar-refractivity contribution is 0.420. The normalized spacial score (nSPS) is 11.4. The fourth-order valence-corrected chi connectivity index (χ4v) is 3.29. The molecule has 5 heteroatoms. The first-order valence-corrected chi connectivity index (χ1v) is 8.73. The van der Waals surface area contributed by atoms with E-state index in [0.717, 1.165) is 16.8 Å². The summed E-state index contributed by atoms with van der Waals surface area (Å²) < 4.78 is 19.5. The zero-order valence-corrected chi connectivity index (χ0v) is 15.1. The molecule has 0 aliphatic carbocycles. The maximum atomic E-state index is 14.0. The van der Waals surface area contributed by atoms with Gasteiger partial charge in [-0.3, -0.25) is 0 Å². The zero-order valence-electron chi connectivity index (χ0n) is 14.3. The van der Waals surface area contributed by atoms with Crippen LogP contribution < -0.4 is 0 Å². The van der Waals surface area contributed by atoms with Gasteiger partial charge < -0.3 is 4.52 Å². The van der Waals surface area contributed by atoms with Crippen LogP contribution in [0.5, 0.6) is 0 Å². The molecule has 4 rings (SSSR count). The van der Waals surface area contributed by atoms with Crippen molar-refractivity contribution in [3.05, 3.63) is 71.3 Å². The number of halogens is 2. The molecule has 0 aliphatic rings. The minimum Gasteiger partial charge on any atom is -0.356 e. The van der Waals surface area contributed by atoms with E-state index in [4.69, 9.17) is 16.1 Å². The highest BCUT2D eigenvalue weighted by Crippen LogP contribution is 2.42. The number of aromatic nitrogens is 2. The fourth-order valence-electron chi connectivity index (χ4n) is 3.01. The lowest BCUT2D eigenvalue weighted by Crippen LogP contribution is -1.93. The SMILES string of the molecule is CC(C)c1cc(-c2c(Cl)nc3ccc(F)cc3c2-c2ccccc2)on1. The van der Waals surface area contributed by atoms with Crippen molar-refractivity contribution in [3.8, 4) is 22.5 Å². The van der Waals surface area contributed by atoms with Gasteiger partial charge in [0.1, 0.15) is 11.0 Å². The molecule has 0 atom stereocenters. The third-order valence-corrected chi connectivity index (χ3v) is 4.61. The molecule has 2 aromatic carbocycles. The number of nitrogens with zero attached hydrogens (tertiary/aromatic N) is 2. The van der Waals surface area contributed by atoms with Gasteiger partial charge in [0.15, 0.2) is 5.76 Å². The molecule has 0 unspecified atom stereocenters. The maximum Gasteiger partial charge on any atom is 0.170 e. The summed E-state index contributed by atoms with van der Waals surface area (Å²) in [6.45, 7) is 4.07. The molecule has 0 N–H and O–H groups in total. The van der Waals surface area contributed by atoms with Gasteiger partial charge in [-0.1, -0.05) is 60.9 Å². The smallest absolute Gasteiger partial charge is 0.170 e. The van der Waals surface area contributed by atoms with Crippen LogP contribution in [0.3, 0.4) is 0 Å². The van der Waals surface area contributed by atoms with E-state index in [1.165, 1.54) is 12.1 Å². The number of hydrogen-bond acceptors (Lipinski definition) is 3. The van der Waals surface area contributed by atoms with Crippen molar-refractivity contribution in [2.45, 2.75) is 19.8 Å². The van der Waals surface area contributed by atoms with Crippen molar-refractivity contribution in [1.29, 1.82) is 0 Å². The highest BCUT2D eigenvalue weighted by Gasteiger charge is 2.21. The lowest BCUT2D eigenvalue weighted by Gasteiger charge is -2.13. The molecule has 0 spiro atoms. The molecule has 3 nitrogen and oxygen atoms in total. The minimum absolute atomic E-state index is 0.220. The third kappa shape index (κ3) is 2.86. The van der Waals surface area contributed by atoms with Crippen molar-refractivity contribution in [1.82, 2.24) is 10.1 Å². The summed E-state index contributed by atoms with van der Waals surface area (Å²) in [6, 6.07) is 16.1. The molecule has 0 saturated carbocycles. The van der Waals surface area contributed by atoms with Crippen LogP contribution in [0.4, 0.5) is 4.39 Å². The Balaban J connectivity index is 2.09. The van der Waals surface area contributed by atoms with E-state index in [1.54, 1.807) is 6.07 Å². The number of rotatable bonds is 3. The first kappa shape index (κ1) is 16.7. The molecule has 0 aliphatic heterocycles. The second kappa shape index (κ2) is 6.54. The molecule has 4 aromatic rings. The van der Waals surface area contributed by atoms with Gasteiger partial charge in [-0.2, -0.15) is 0 Å². The molecule has 130 valence electrons. The van der Waals surface area contributed by atoms with E-state index in [0.29, 0.717) is 27.4 Å². The van der Waals surface area contributed by atoms with Crippen molar-refractivity contribution in [2.24, 2.45) is 0 Å². The summed E-state index contributed by atoms with van der Waals surface area (Å²) >= 11 is 6.53. The lowest BCUT2D eigenvalue weighted by atomic mass is 9.94. The second-order valence-corrected chi connectivity index (χ2v) is 6.81. The Morgan fingerprint density at radius 1 is 1.00 bits per heavy atom. The third-order valence-electron chi connectivity index (χ3n) is 4.33. The molecule has 2 heterocycles. The second-order valence-electron chi connectivity index (χ2n) is 6.45. The molecule has 0 fully saturated rings. The molecular formula is C21H16ClFN2O. The first-order chi connectivity index (χ1) is 12.5. The minimum atomic E-state index is -0.329. The average Bonchev–Trinajstić information content (AvgIpc) is 3.12.